The molecule has 3 aromatic rings. The van der Waals surface area contributed by atoms with Gasteiger partial charge in [-0.25, -0.2) is 0 Å². The van der Waals surface area contributed by atoms with Gasteiger partial charge in [-0.1, -0.05) is 60.3 Å². The van der Waals surface area contributed by atoms with Crippen LogP contribution in [0.5, 0.6) is 0 Å². The number of aryl methyl sites for hydroxylation is 1. The zero-order chi connectivity index (χ0) is 19.9. The van der Waals surface area contributed by atoms with Gasteiger partial charge in [0.05, 0.1) is 17.5 Å². The fourth-order valence-electron chi connectivity index (χ4n) is 2.99. The summed E-state index contributed by atoms with van der Waals surface area (Å²) in [6.07, 6.45) is 1.68. The summed E-state index contributed by atoms with van der Waals surface area (Å²) in [5, 5.41) is 11.9. The molecule has 2 aromatic carbocycles. The van der Waals surface area contributed by atoms with Crippen molar-refractivity contribution in [2.24, 2.45) is 0 Å². The highest BCUT2D eigenvalue weighted by molar-refractivity contribution is 7.99. The quantitative estimate of drug-likeness (QED) is 0.594. The van der Waals surface area contributed by atoms with Crippen molar-refractivity contribution in [3.05, 3.63) is 72.1 Å². The molecule has 1 aromatic heterocycles. The molecule has 1 heterocycles. The van der Waals surface area contributed by atoms with Crippen molar-refractivity contribution in [3.8, 4) is 5.69 Å². The lowest BCUT2D eigenvalue weighted by Gasteiger charge is -2.25. The number of aromatic nitrogens is 3. The van der Waals surface area contributed by atoms with Crippen LogP contribution < -0.4 is 5.32 Å². The van der Waals surface area contributed by atoms with Gasteiger partial charge in [0.1, 0.15) is 6.33 Å². The molecule has 0 aliphatic carbocycles. The fraction of sp³-hybridized carbons (Fsp3) is 0.286. The van der Waals surface area contributed by atoms with Crippen LogP contribution in [0.1, 0.15) is 17.2 Å². The number of rotatable bonds is 8. The molecule has 0 spiro atoms. The van der Waals surface area contributed by atoms with E-state index in [4.69, 9.17) is 0 Å². The third-order valence-electron chi connectivity index (χ3n) is 4.52. The van der Waals surface area contributed by atoms with Crippen LogP contribution >= 0.6 is 11.8 Å². The summed E-state index contributed by atoms with van der Waals surface area (Å²) in [7, 11) is 4.03. The predicted octanol–water partition coefficient (Wildman–Crippen LogP) is 3.09. The van der Waals surface area contributed by atoms with Crippen LogP contribution in [0, 0.1) is 6.92 Å². The van der Waals surface area contributed by atoms with Crippen molar-refractivity contribution in [2.75, 3.05) is 26.4 Å². The van der Waals surface area contributed by atoms with Gasteiger partial charge in [-0.05, 0) is 38.2 Å². The van der Waals surface area contributed by atoms with Crippen LogP contribution in [-0.4, -0.2) is 52.0 Å². The highest BCUT2D eigenvalue weighted by atomic mass is 32.2. The Kier molecular flexibility index (Phi) is 6.84. The number of hydrogen-bond donors (Lipinski definition) is 1. The molecule has 146 valence electrons. The van der Waals surface area contributed by atoms with Gasteiger partial charge in [0, 0.05) is 6.54 Å². The van der Waals surface area contributed by atoms with Crippen molar-refractivity contribution in [1.29, 1.82) is 0 Å². The van der Waals surface area contributed by atoms with E-state index in [2.05, 4.69) is 32.5 Å². The van der Waals surface area contributed by atoms with E-state index in [0.717, 1.165) is 11.3 Å². The number of nitrogens with zero attached hydrogens (tertiary/aromatic N) is 4. The Morgan fingerprint density at radius 1 is 1.14 bits per heavy atom. The molecule has 6 nitrogen and oxygen atoms in total. The first kappa shape index (κ1) is 20.1. The topological polar surface area (TPSA) is 63.1 Å². The second-order valence-electron chi connectivity index (χ2n) is 6.75. The lowest BCUT2D eigenvalue weighted by Crippen LogP contribution is -2.35. The zero-order valence-electron chi connectivity index (χ0n) is 16.4. The molecule has 3 rings (SSSR count). The largest absolute Gasteiger partial charge is 0.353 e. The van der Waals surface area contributed by atoms with Gasteiger partial charge < -0.3 is 10.2 Å². The lowest BCUT2D eigenvalue weighted by atomic mass is 10.1. The minimum absolute atomic E-state index is 0.0212. The number of amides is 1. The average Bonchev–Trinajstić information content (AvgIpc) is 3.16. The number of para-hydroxylation sites is 1. The maximum atomic E-state index is 12.4. The van der Waals surface area contributed by atoms with E-state index in [0.29, 0.717) is 17.5 Å². The molecule has 7 heteroatoms. The Hall–Kier alpha value is -2.64. The van der Waals surface area contributed by atoms with Gasteiger partial charge in [-0.3, -0.25) is 9.36 Å². The van der Waals surface area contributed by atoms with E-state index in [1.807, 2.05) is 68.1 Å². The molecule has 0 aliphatic heterocycles. The van der Waals surface area contributed by atoms with Crippen LogP contribution in [0.3, 0.4) is 0 Å². The maximum absolute atomic E-state index is 12.4. The Balaban J connectivity index is 1.58. The van der Waals surface area contributed by atoms with Crippen molar-refractivity contribution in [3.63, 3.8) is 0 Å². The number of nitrogens with one attached hydrogen (secondary N) is 1. The third kappa shape index (κ3) is 4.99. The highest BCUT2D eigenvalue weighted by Crippen LogP contribution is 2.22. The number of benzene rings is 2. The Labute approximate surface area is 170 Å². The van der Waals surface area contributed by atoms with E-state index in [-0.39, 0.29) is 11.9 Å². The normalized spacial score (nSPS) is 12.1. The summed E-state index contributed by atoms with van der Waals surface area (Å²) in [4.78, 5) is 14.5. The number of hydrogen-bond acceptors (Lipinski definition) is 5. The average molecular weight is 396 g/mol. The van der Waals surface area contributed by atoms with Crippen molar-refractivity contribution >= 4 is 17.7 Å². The first-order valence-electron chi connectivity index (χ1n) is 9.13. The monoisotopic (exact) mass is 395 g/mol. The molecule has 0 saturated heterocycles. The van der Waals surface area contributed by atoms with Gasteiger partial charge in [-0.2, -0.15) is 0 Å². The van der Waals surface area contributed by atoms with Crippen LogP contribution in [0.15, 0.2) is 66.1 Å². The molecule has 0 radical (unpaired) electrons. The van der Waals surface area contributed by atoms with E-state index < -0.39 is 0 Å². The van der Waals surface area contributed by atoms with Crippen LogP contribution in [-0.2, 0) is 4.79 Å². The van der Waals surface area contributed by atoms with Crippen molar-refractivity contribution < 1.29 is 4.79 Å². The Morgan fingerprint density at radius 2 is 1.86 bits per heavy atom. The Morgan fingerprint density at radius 3 is 2.57 bits per heavy atom. The van der Waals surface area contributed by atoms with Gasteiger partial charge in [0.2, 0.25) is 5.91 Å². The fourth-order valence-corrected chi connectivity index (χ4v) is 3.74. The molecule has 0 bridgehead atoms. The van der Waals surface area contributed by atoms with Gasteiger partial charge in [0.25, 0.3) is 0 Å². The van der Waals surface area contributed by atoms with Gasteiger partial charge in [0.15, 0.2) is 5.16 Å². The first-order valence-corrected chi connectivity index (χ1v) is 10.1. The van der Waals surface area contributed by atoms with E-state index >= 15 is 0 Å². The van der Waals surface area contributed by atoms with Gasteiger partial charge in [-0.15, -0.1) is 10.2 Å². The number of carbonyl (C=O) groups excluding carboxylic acids is 1. The molecule has 1 N–H and O–H groups in total. The smallest absolute Gasteiger partial charge is 0.230 e. The molecule has 0 aliphatic rings. The van der Waals surface area contributed by atoms with Crippen molar-refractivity contribution in [2.45, 2.75) is 18.1 Å². The summed E-state index contributed by atoms with van der Waals surface area (Å²) in [6.45, 7) is 2.60. The van der Waals surface area contributed by atoms with Crippen molar-refractivity contribution in [1.82, 2.24) is 25.0 Å². The second kappa shape index (κ2) is 9.52. The predicted molar refractivity (Wildman–Crippen MR) is 113 cm³/mol. The molecule has 1 amide bonds. The maximum Gasteiger partial charge on any atom is 0.230 e. The minimum Gasteiger partial charge on any atom is -0.353 e. The number of carbonyl (C=O) groups is 1. The SMILES string of the molecule is Cc1ccccc1-n1cnnc1SCC(=O)NC[C@@H](c1ccccc1)N(C)C. The molecule has 0 unspecified atom stereocenters. The molecule has 0 saturated carbocycles. The molecular formula is C21H25N5OS. The minimum atomic E-state index is -0.0212. The van der Waals surface area contributed by atoms with Crippen LogP contribution in [0.2, 0.25) is 0 Å². The van der Waals surface area contributed by atoms with E-state index in [1.54, 1.807) is 6.33 Å². The number of thioether (sulfide) groups is 1. The second-order valence-corrected chi connectivity index (χ2v) is 7.70. The molecule has 1 atom stereocenters. The van der Waals surface area contributed by atoms with Crippen LogP contribution in [0.25, 0.3) is 5.69 Å². The summed E-state index contributed by atoms with van der Waals surface area (Å²) in [6, 6.07) is 18.4. The zero-order valence-corrected chi connectivity index (χ0v) is 17.2. The molecule has 0 fully saturated rings. The standard InChI is InChI=1S/C21H25N5OS/c1-16-9-7-8-12-18(16)26-15-23-24-21(26)28-14-20(27)22-13-19(25(2)3)17-10-5-4-6-11-17/h4-12,15,19H,13-14H2,1-3H3,(H,22,27)/t19-/m0/s1. The number of likely N-dealkylation sites (N-methyl/N-ethyl adjacent to an activating group) is 1. The summed E-state index contributed by atoms with van der Waals surface area (Å²) < 4.78 is 1.92. The first-order chi connectivity index (χ1) is 13.6. The molecular weight excluding hydrogens is 370 g/mol. The van der Waals surface area contributed by atoms with Gasteiger partial charge >= 0.3 is 0 Å². The van der Waals surface area contributed by atoms with E-state index in [9.17, 15) is 4.79 Å². The lowest BCUT2D eigenvalue weighted by molar-refractivity contribution is -0.118. The third-order valence-corrected chi connectivity index (χ3v) is 5.47. The van der Waals surface area contributed by atoms with Crippen LogP contribution in [0.4, 0.5) is 0 Å². The van der Waals surface area contributed by atoms with E-state index in [1.165, 1.54) is 17.3 Å². The summed E-state index contributed by atoms with van der Waals surface area (Å²) >= 11 is 1.38. The Bertz CT molecular complexity index is 910. The molecule has 28 heavy (non-hydrogen) atoms. The highest BCUT2D eigenvalue weighted by Gasteiger charge is 2.16. The summed E-state index contributed by atoms with van der Waals surface area (Å²) in [5.74, 6) is 0.270. The summed E-state index contributed by atoms with van der Waals surface area (Å²) in [5.41, 5.74) is 3.33.